The van der Waals surface area contributed by atoms with Crippen LogP contribution in [0.1, 0.15) is 18.8 Å². The van der Waals surface area contributed by atoms with Gasteiger partial charge in [0.2, 0.25) is 5.82 Å². The second-order valence-corrected chi connectivity index (χ2v) is 4.02. The zero-order valence-electron chi connectivity index (χ0n) is 10.4. The van der Waals surface area contributed by atoms with Crippen molar-refractivity contribution in [1.29, 1.82) is 0 Å². The fraction of sp³-hybridized carbons (Fsp3) is 0.300. The fourth-order valence-electron chi connectivity index (χ4n) is 1.67. The molecule has 19 heavy (non-hydrogen) atoms. The van der Waals surface area contributed by atoms with Crippen molar-refractivity contribution < 1.29 is 4.92 Å². The highest BCUT2D eigenvalue weighted by molar-refractivity contribution is 5.57. The van der Waals surface area contributed by atoms with Gasteiger partial charge in [-0.1, -0.05) is 0 Å². The van der Waals surface area contributed by atoms with Crippen LogP contribution in [-0.4, -0.2) is 24.7 Å². The molecule has 1 atom stereocenters. The first-order valence-corrected chi connectivity index (χ1v) is 5.50. The van der Waals surface area contributed by atoms with Gasteiger partial charge < -0.3 is 15.6 Å². The maximum Gasteiger partial charge on any atom is 0.311 e. The van der Waals surface area contributed by atoms with E-state index in [1.54, 1.807) is 10.9 Å². The Balaban J connectivity index is 2.18. The van der Waals surface area contributed by atoms with Crippen LogP contribution in [0.2, 0.25) is 0 Å². The lowest BCUT2D eigenvalue weighted by molar-refractivity contribution is -0.384. The zero-order chi connectivity index (χ0) is 14.0. The number of nitrogens with two attached hydrogens (primary N) is 1. The van der Waals surface area contributed by atoms with Crippen LogP contribution in [-0.2, 0) is 7.05 Å². The van der Waals surface area contributed by atoms with Crippen molar-refractivity contribution in [3.63, 3.8) is 0 Å². The van der Waals surface area contributed by atoms with Crippen LogP contribution in [0.25, 0.3) is 0 Å². The monoisotopic (exact) mass is 263 g/mol. The largest absolute Gasteiger partial charge is 0.378 e. The number of nitrogen functional groups attached to an aromatic ring is 1. The minimum absolute atomic E-state index is 0.125. The van der Waals surface area contributed by atoms with Crippen LogP contribution in [0, 0.1) is 10.1 Å². The van der Waals surface area contributed by atoms with E-state index in [9.17, 15) is 10.1 Å². The molecule has 0 aromatic carbocycles. The van der Waals surface area contributed by atoms with E-state index in [0.29, 0.717) is 5.82 Å². The quantitative estimate of drug-likeness (QED) is 0.619. The van der Waals surface area contributed by atoms with E-state index < -0.39 is 4.92 Å². The van der Waals surface area contributed by atoms with Gasteiger partial charge in [0.05, 0.1) is 11.0 Å². The van der Waals surface area contributed by atoms with Crippen LogP contribution in [0.15, 0.2) is 18.5 Å². The SMILES string of the molecule is CC(Nc1ccc([N+](=O)[O-])c(N)n1)c1nncn1C. The third-order valence-electron chi connectivity index (χ3n) is 2.60. The van der Waals surface area contributed by atoms with Gasteiger partial charge in [0.1, 0.15) is 12.1 Å². The summed E-state index contributed by atoms with van der Waals surface area (Å²) in [7, 11) is 1.82. The number of rotatable bonds is 4. The second kappa shape index (κ2) is 4.88. The molecule has 2 aromatic rings. The molecule has 2 aromatic heterocycles. The van der Waals surface area contributed by atoms with Crippen LogP contribution in [0.4, 0.5) is 17.3 Å². The third-order valence-corrected chi connectivity index (χ3v) is 2.60. The number of nitrogens with zero attached hydrogens (tertiary/aromatic N) is 5. The standard InChI is InChI=1S/C10H13N7O2/c1-6(10-15-12-5-16(10)2)13-8-4-3-7(17(18)19)9(11)14-8/h3-6H,1-2H3,(H3,11,13,14). The molecule has 0 aliphatic heterocycles. The van der Waals surface area contributed by atoms with Crippen LogP contribution in [0.5, 0.6) is 0 Å². The Hall–Kier alpha value is -2.71. The molecule has 0 radical (unpaired) electrons. The van der Waals surface area contributed by atoms with Gasteiger partial charge in [-0.15, -0.1) is 10.2 Å². The predicted octanol–water partition coefficient (Wildman–Crippen LogP) is 0.874. The predicted molar refractivity (Wildman–Crippen MR) is 68.3 cm³/mol. The van der Waals surface area contributed by atoms with Crippen molar-refractivity contribution in [3.05, 3.63) is 34.4 Å². The maximum atomic E-state index is 10.6. The summed E-state index contributed by atoms with van der Waals surface area (Å²) < 4.78 is 1.77. The molecule has 3 N–H and O–H groups in total. The summed E-state index contributed by atoms with van der Waals surface area (Å²) in [6.45, 7) is 1.88. The van der Waals surface area contributed by atoms with Gasteiger partial charge in [0.25, 0.3) is 0 Å². The third kappa shape index (κ3) is 2.59. The smallest absolute Gasteiger partial charge is 0.311 e. The van der Waals surface area contributed by atoms with E-state index in [0.717, 1.165) is 5.82 Å². The number of aryl methyl sites for hydroxylation is 1. The molecule has 2 heterocycles. The van der Waals surface area contributed by atoms with E-state index in [1.807, 2.05) is 14.0 Å². The summed E-state index contributed by atoms with van der Waals surface area (Å²) in [5, 5.41) is 21.4. The molecule has 0 spiro atoms. The lowest BCUT2D eigenvalue weighted by atomic mass is 10.3. The van der Waals surface area contributed by atoms with Crippen LogP contribution < -0.4 is 11.1 Å². The normalized spacial score (nSPS) is 12.1. The van der Waals surface area contributed by atoms with Crippen molar-refractivity contribution in [3.8, 4) is 0 Å². The van der Waals surface area contributed by atoms with Gasteiger partial charge in [-0.25, -0.2) is 4.98 Å². The summed E-state index contributed by atoms with van der Waals surface area (Å²) in [4.78, 5) is 14.0. The Kier molecular flexibility index (Phi) is 3.27. The van der Waals surface area contributed by atoms with Crippen molar-refractivity contribution in [2.24, 2.45) is 7.05 Å². The molecular formula is C10H13N7O2. The summed E-state index contributed by atoms with van der Waals surface area (Å²) in [5.41, 5.74) is 5.31. The van der Waals surface area contributed by atoms with E-state index >= 15 is 0 Å². The number of aromatic nitrogens is 4. The maximum absolute atomic E-state index is 10.6. The number of hydrogen-bond acceptors (Lipinski definition) is 7. The van der Waals surface area contributed by atoms with Gasteiger partial charge in [-0.05, 0) is 13.0 Å². The van der Waals surface area contributed by atoms with Crippen molar-refractivity contribution in [1.82, 2.24) is 19.7 Å². The van der Waals surface area contributed by atoms with Crippen molar-refractivity contribution >= 4 is 17.3 Å². The molecule has 0 fully saturated rings. The van der Waals surface area contributed by atoms with E-state index in [4.69, 9.17) is 5.73 Å². The molecule has 9 heteroatoms. The van der Waals surface area contributed by atoms with Crippen molar-refractivity contribution in [2.45, 2.75) is 13.0 Å². The highest BCUT2D eigenvalue weighted by Crippen LogP contribution is 2.22. The Labute approximate surface area is 108 Å². The Bertz CT molecular complexity index is 610. The molecule has 0 aliphatic carbocycles. The average Bonchev–Trinajstić information content (AvgIpc) is 2.75. The minimum Gasteiger partial charge on any atom is -0.378 e. The highest BCUT2D eigenvalue weighted by atomic mass is 16.6. The lowest BCUT2D eigenvalue weighted by Crippen LogP contribution is -2.13. The van der Waals surface area contributed by atoms with Crippen LogP contribution in [0.3, 0.4) is 0 Å². The number of anilines is 2. The molecule has 9 nitrogen and oxygen atoms in total. The van der Waals surface area contributed by atoms with Gasteiger partial charge in [-0.3, -0.25) is 10.1 Å². The fourth-order valence-corrected chi connectivity index (χ4v) is 1.67. The summed E-state index contributed by atoms with van der Waals surface area (Å²) >= 11 is 0. The van der Waals surface area contributed by atoms with E-state index in [-0.39, 0.29) is 17.5 Å². The van der Waals surface area contributed by atoms with E-state index in [1.165, 1.54) is 12.1 Å². The van der Waals surface area contributed by atoms with Gasteiger partial charge >= 0.3 is 5.69 Å². The summed E-state index contributed by atoms with van der Waals surface area (Å²) in [5.74, 6) is 1.04. The first kappa shape index (κ1) is 12.7. The minimum atomic E-state index is -0.571. The summed E-state index contributed by atoms with van der Waals surface area (Å²) in [6, 6.07) is 2.66. The van der Waals surface area contributed by atoms with Crippen LogP contribution >= 0.6 is 0 Å². The zero-order valence-corrected chi connectivity index (χ0v) is 10.4. The van der Waals surface area contributed by atoms with Gasteiger partial charge in [-0.2, -0.15) is 0 Å². The Morgan fingerprint density at radius 1 is 1.53 bits per heavy atom. The Morgan fingerprint density at radius 3 is 2.79 bits per heavy atom. The molecule has 100 valence electrons. The number of pyridine rings is 1. The first-order valence-electron chi connectivity index (χ1n) is 5.50. The summed E-state index contributed by atoms with van der Waals surface area (Å²) in [6.07, 6.45) is 1.59. The number of nitrogens with one attached hydrogen (secondary N) is 1. The highest BCUT2D eigenvalue weighted by Gasteiger charge is 2.15. The average molecular weight is 263 g/mol. The molecule has 2 rings (SSSR count). The Morgan fingerprint density at radius 2 is 2.26 bits per heavy atom. The van der Waals surface area contributed by atoms with Gasteiger partial charge in [0.15, 0.2) is 5.82 Å². The first-order chi connectivity index (χ1) is 8.99. The second-order valence-electron chi connectivity index (χ2n) is 4.02. The molecule has 0 bridgehead atoms. The molecule has 1 unspecified atom stereocenters. The van der Waals surface area contributed by atoms with E-state index in [2.05, 4.69) is 20.5 Å². The lowest BCUT2D eigenvalue weighted by Gasteiger charge is -2.13. The van der Waals surface area contributed by atoms with Gasteiger partial charge in [0, 0.05) is 13.1 Å². The topological polar surface area (TPSA) is 125 Å². The number of nitro groups is 1. The molecule has 0 saturated heterocycles. The molecular weight excluding hydrogens is 250 g/mol. The number of hydrogen-bond donors (Lipinski definition) is 2. The van der Waals surface area contributed by atoms with Crippen molar-refractivity contribution in [2.75, 3.05) is 11.1 Å². The molecule has 0 saturated carbocycles. The molecule has 0 aliphatic rings. The molecule has 0 amide bonds.